The lowest BCUT2D eigenvalue weighted by Gasteiger charge is -2.13. The summed E-state index contributed by atoms with van der Waals surface area (Å²) in [6.07, 6.45) is 1.04. The second-order valence-electron chi connectivity index (χ2n) is 6.92. The molecular weight excluding hydrogens is 356 g/mol. The van der Waals surface area contributed by atoms with Crippen LogP contribution in [0.15, 0.2) is 30.3 Å². The minimum atomic E-state index is -0.162. The van der Waals surface area contributed by atoms with Gasteiger partial charge in [-0.15, -0.1) is 5.10 Å². The summed E-state index contributed by atoms with van der Waals surface area (Å²) < 4.78 is 13.4. The number of fused-ring (bicyclic) bond motifs is 2. The molecule has 1 amide bonds. The second kappa shape index (κ2) is 7.50. The minimum Gasteiger partial charge on any atom is -0.494 e. The zero-order valence-corrected chi connectivity index (χ0v) is 16.4. The second-order valence-corrected chi connectivity index (χ2v) is 6.92. The summed E-state index contributed by atoms with van der Waals surface area (Å²) in [5.41, 5.74) is 4.24. The number of nitrogens with zero attached hydrogens (tertiary/aromatic N) is 3. The van der Waals surface area contributed by atoms with Gasteiger partial charge in [0, 0.05) is 36.2 Å². The lowest BCUT2D eigenvalue weighted by molar-refractivity contribution is 0.0950. The molecule has 7 nitrogen and oxygen atoms in total. The lowest BCUT2D eigenvalue weighted by Crippen LogP contribution is -2.23. The Kier molecular flexibility index (Phi) is 4.90. The highest BCUT2D eigenvalue weighted by atomic mass is 16.5. The molecule has 1 aromatic heterocycles. The number of nitrogens with one attached hydrogen (secondary N) is 1. The molecule has 0 saturated heterocycles. The summed E-state index contributed by atoms with van der Waals surface area (Å²) >= 11 is 0. The van der Waals surface area contributed by atoms with Crippen molar-refractivity contribution in [3.8, 4) is 11.5 Å². The molecule has 0 saturated carbocycles. The Morgan fingerprint density at radius 1 is 1.32 bits per heavy atom. The van der Waals surface area contributed by atoms with Gasteiger partial charge in [0.05, 0.1) is 12.1 Å². The molecule has 146 valence electrons. The fraction of sp³-hybridized carbons (Fsp3) is 0.381. The van der Waals surface area contributed by atoms with Crippen molar-refractivity contribution in [2.45, 2.75) is 46.4 Å². The van der Waals surface area contributed by atoms with Gasteiger partial charge >= 0.3 is 0 Å². The van der Waals surface area contributed by atoms with Crippen LogP contribution in [0.1, 0.15) is 42.3 Å². The Bertz CT molecular complexity index is 1030. The summed E-state index contributed by atoms with van der Waals surface area (Å²) in [5, 5.41) is 11.2. The van der Waals surface area contributed by atoms with E-state index in [9.17, 15) is 4.79 Å². The monoisotopic (exact) mass is 380 g/mol. The molecule has 28 heavy (non-hydrogen) atoms. The van der Waals surface area contributed by atoms with Crippen LogP contribution in [-0.4, -0.2) is 33.6 Å². The zero-order chi connectivity index (χ0) is 19.7. The number of rotatable bonds is 6. The highest BCUT2D eigenvalue weighted by Gasteiger charge is 2.22. The van der Waals surface area contributed by atoms with Crippen molar-refractivity contribution in [3.05, 3.63) is 47.0 Å². The maximum Gasteiger partial charge on any atom is 0.251 e. The molecule has 0 fully saturated rings. The van der Waals surface area contributed by atoms with E-state index in [1.807, 2.05) is 39.0 Å². The first-order chi connectivity index (χ1) is 13.6. The van der Waals surface area contributed by atoms with Gasteiger partial charge in [0.2, 0.25) is 0 Å². The van der Waals surface area contributed by atoms with Crippen LogP contribution >= 0.6 is 0 Å². The average Bonchev–Trinajstić information content (AvgIpc) is 3.27. The van der Waals surface area contributed by atoms with E-state index < -0.39 is 0 Å². The van der Waals surface area contributed by atoms with E-state index in [0.717, 1.165) is 41.1 Å². The SMILES string of the molecule is CCOc1cc2c(cc1CNC(=O)c1ccc3c(c1)nnn3CC)OC(C)C2. The van der Waals surface area contributed by atoms with Crippen molar-refractivity contribution in [2.75, 3.05) is 6.61 Å². The van der Waals surface area contributed by atoms with Crippen molar-refractivity contribution in [2.24, 2.45) is 0 Å². The molecule has 0 bridgehead atoms. The Morgan fingerprint density at radius 2 is 2.18 bits per heavy atom. The molecule has 2 aromatic carbocycles. The van der Waals surface area contributed by atoms with Gasteiger partial charge in [-0.2, -0.15) is 0 Å². The predicted octanol–water partition coefficient (Wildman–Crippen LogP) is 3.10. The third-order valence-electron chi connectivity index (χ3n) is 4.89. The summed E-state index contributed by atoms with van der Waals surface area (Å²) in [5.74, 6) is 1.50. The number of aromatic nitrogens is 3. The fourth-order valence-corrected chi connectivity index (χ4v) is 3.53. The quantitative estimate of drug-likeness (QED) is 0.711. The first-order valence-electron chi connectivity index (χ1n) is 9.65. The number of amides is 1. The van der Waals surface area contributed by atoms with Gasteiger partial charge in [0.25, 0.3) is 5.91 Å². The van der Waals surface area contributed by atoms with Crippen LogP contribution in [0.2, 0.25) is 0 Å². The van der Waals surface area contributed by atoms with E-state index in [0.29, 0.717) is 24.2 Å². The number of carbonyl (C=O) groups excluding carboxylic acids is 1. The number of aryl methyl sites for hydroxylation is 1. The van der Waals surface area contributed by atoms with E-state index in [1.54, 1.807) is 16.8 Å². The summed E-state index contributed by atoms with van der Waals surface area (Å²) in [6, 6.07) is 9.44. The maximum atomic E-state index is 12.7. The van der Waals surface area contributed by atoms with Crippen LogP contribution < -0.4 is 14.8 Å². The topological polar surface area (TPSA) is 78.3 Å². The van der Waals surface area contributed by atoms with Gasteiger partial charge in [-0.05, 0) is 51.1 Å². The van der Waals surface area contributed by atoms with Crippen LogP contribution in [0.4, 0.5) is 0 Å². The van der Waals surface area contributed by atoms with E-state index in [-0.39, 0.29) is 12.0 Å². The molecule has 1 atom stereocenters. The normalized spacial score (nSPS) is 15.3. The molecule has 1 N–H and O–H groups in total. The Hall–Kier alpha value is -3.09. The summed E-state index contributed by atoms with van der Waals surface area (Å²) in [4.78, 5) is 12.7. The van der Waals surface area contributed by atoms with Crippen LogP contribution in [0.25, 0.3) is 11.0 Å². The zero-order valence-electron chi connectivity index (χ0n) is 16.4. The molecule has 2 heterocycles. The fourth-order valence-electron chi connectivity index (χ4n) is 3.53. The molecular formula is C21H24N4O3. The first kappa shape index (κ1) is 18.3. The first-order valence-corrected chi connectivity index (χ1v) is 9.65. The molecule has 4 rings (SSSR count). The van der Waals surface area contributed by atoms with Crippen molar-refractivity contribution < 1.29 is 14.3 Å². The van der Waals surface area contributed by atoms with Crippen molar-refractivity contribution in [3.63, 3.8) is 0 Å². The number of benzene rings is 2. The molecule has 7 heteroatoms. The molecule has 0 aliphatic carbocycles. The molecule has 1 aliphatic heterocycles. The minimum absolute atomic E-state index is 0.162. The number of ether oxygens (including phenoxy) is 2. The van der Waals surface area contributed by atoms with Crippen LogP contribution in [0, 0.1) is 0 Å². The molecule has 0 radical (unpaired) electrons. The van der Waals surface area contributed by atoms with E-state index in [2.05, 4.69) is 15.6 Å². The highest BCUT2D eigenvalue weighted by Crippen LogP contribution is 2.35. The van der Waals surface area contributed by atoms with Gasteiger partial charge in [0.1, 0.15) is 23.1 Å². The van der Waals surface area contributed by atoms with Crippen molar-refractivity contribution >= 4 is 16.9 Å². The maximum absolute atomic E-state index is 12.7. The van der Waals surface area contributed by atoms with E-state index in [1.165, 1.54) is 0 Å². The Balaban J connectivity index is 1.52. The van der Waals surface area contributed by atoms with E-state index >= 15 is 0 Å². The lowest BCUT2D eigenvalue weighted by atomic mass is 10.1. The van der Waals surface area contributed by atoms with Crippen molar-refractivity contribution in [1.29, 1.82) is 0 Å². The van der Waals surface area contributed by atoms with Gasteiger partial charge < -0.3 is 14.8 Å². The van der Waals surface area contributed by atoms with Crippen LogP contribution in [0.3, 0.4) is 0 Å². The van der Waals surface area contributed by atoms with Gasteiger partial charge in [-0.25, -0.2) is 4.68 Å². The van der Waals surface area contributed by atoms with Gasteiger partial charge in [0.15, 0.2) is 0 Å². The Labute approximate surface area is 163 Å². The third-order valence-corrected chi connectivity index (χ3v) is 4.89. The Morgan fingerprint density at radius 3 is 2.96 bits per heavy atom. The average molecular weight is 380 g/mol. The van der Waals surface area contributed by atoms with Gasteiger partial charge in [-0.1, -0.05) is 5.21 Å². The summed E-state index contributed by atoms with van der Waals surface area (Å²) in [6.45, 7) is 7.67. The molecule has 0 spiro atoms. The highest BCUT2D eigenvalue weighted by molar-refractivity contribution is 5.97. The molecule has 1 aliphatic rings. The smallest absolute Gasteiger partial charge is 0.251 e. The molecule has 3 aromatic rings. The van der Waals surface area contributed by atoms with Crippen molar-refractivity contribution in [1.82, 2.24) is 20.3 Å². The summed E-state index contributed by atoms with van der Waals surface area (Å²) in [7, 11) is 0. The number of carbonyl (C=O) groups is 1. The van der Waals surface area contributed by atoms with Crippen LogP contribution in [0.5, 0.6) is 11.5 Å². The number of hydrogen-bond donors (Lipinski definition) is 1. The van der Waals surface area contributed by atoms with Crippen LogP contribution in [-0.2, 0) is 19.5 Å². The largest absolute Gasteiger partial charge is 0.494 e. The van der Waals surface area contributed by atoms with E-state index in [4.69, 9.17) is 9.47 Å². The standard InChI is InChI=1S/C21H24N4O3/c1-4-25-18-7-6-14(9-17(18)23-24-25)21(26)22-12-16-11-20-15(8-13(3)28-20)10-19(16)27-5-2/h6-7,9-11,13H,4-5,8,12H2,1-3H3,(H,22,26). The molecule has 1 unspecified atom stereocenters. The predicted molar refractivity (Wildman–Crippen MR) is 106 cm³/mol. The van der Waals surface area contributed by atoms with Gasteiger partial charge in [-0.3, -0.25) is 4.79 Å². The third kappa shape index (κ3) is 3.40. The number of hydrogen-bond acceptors (Lipinski definition) is 5.